The van der Waals surface area contributed by atoms with Crippen molar-refractivity contribution in [3.63, 3.8) is 0 Å². The molecule has 0 bridgehead atoms. The number of unbranched alkanes of at least 4 members (excludes halogenated alkanes) is 1. The zero-order chi connectivity index (χ0) is 11.9. The van der Waals surface area contributed by atoms with Crippen molar-refractivity contribution in [1.82, 2.24) is 0 Å². The Labute approximate surface area is 106 Å². The second kappa shape index (κ2) is 7.83. The van der Waals surface area contributed by atoms with Crippen molar-refractivity contribution in [3.8, 4) is 0 Å². The van der Waals surface area contributed by atoms with Crippen molar-refractivity contribution < 1.29 is 0 Å². The van der Waals surface area contributed by atoms with Crippen LogP contribution in [0.25, 0.3) is 0 Å². The Hall–Kier alpha value is 1.60. The molecule has 0 radical (unpaired) electrons. The standard InChI is InChI=1S/C4H8.3C2H5.3CH3.2Sn/c1-3-4-2;3*1-2;;;;;/h1-4H2;3*1H2,2H3;3*1H3;;. The molecule has 0 fully saturated rings. The van der Waals surface area contributed by atoms with Gasteiger partial charge in [0.05, 0.1) is 0 Å². The van der Waals surface area contributed by atoms with E-state index < -0.39 is 36.8 Å². The molecule has 15 heavy (non-hydrogen) atoms. The molecule has 92 valence electrons. The van der Waals surface area contributed by atoms with Gasteiger partial charge in [-0.2, -0.15) is 0 Å². The zero-order valence-corrected chi connectivity index (χ0v) is 17.7. The summed E-state index contributed by atoms with van der Waals surface area (Å²) in [4.78, 5) is 7.72. The summed E-state index contributed by atoms with van der Waals surface area (Å²) < 4.78 is 8.05. The fourth-order valence-corrected chi connectivity index (χ4v) is 16.3. The monoisotopic (exact) mass is 428 g/mol. The summed E-state index contributed by atoms with van der Waals surface area (Å²) in [5.41, 5.74) is 0. The van der Waals surface area contributed by atoms with E-state index in [2.05, 4.69) is 35.6 Å². The predicted molar refractivity (Wildman–Crippen MR) is 79.4 cm³/mol. The van der Waals surface area contributed by atoms with E-state index >= 15 is 0 Å². The second-order valence-electron chi connectivity index (χ2n) is 6.33. The van der Waals surface area contributed by atoms with Crippen LogP contribution < -0.4 is 0 Å². The third-order valence-electron chi connectivity index (χ3n) is 4.13. The molecule has 0 spiro atoms. The topological polar surface area (TPSA) is 0 Å². The molecule has 0 heterocycles. The fraction of sp³-hybridized carbons (Fsp3) is 1.00. The Morgan fingerprint density at radius 2 is 1.07 bits per heavy atom. The second-order valence-corrected chi connectivity index (χ2v) is 38.4. The van der Waals surface area contributed by atoms with Crippen LogP contribution in [0.2, 0.25) is 37.0 Å². The number of hydrogen-bond acceptors (Lipinski definition) is 0. The molecule has 2 heteroatoms. The van der Waals surface area contributed by atoms with E-state index in [1.807, 2.05) is 0 Å². The molecule has 0 saturated carbocycles. The van der Waals surface area contributed by atoms with Crippen molar-refractivity contribution >= 4 is 36.8 Å². The van der Waals surface area contributed by atoms with Crippen LogP contribution in [-0.2, 0) is 0 Å². The van der Waals surface area contributed by atoms with Gasteiger partial charge in [-0.15, -0.1) is 0 Å². The van der Waals surface area contributed by atoms with Crippen LogP contribution in [0.4, 0.5) is 0 Å². The molecule has 0 aliphatic carbocycles. The van der Waals surface area contributed by atoms with Gasteiger partial charge in [0.2, 0.25) is 0 Å². The third-order valence-corrected chi connectivity index (χ3v) is 26.3. The van der Waals surface area contributed by atoms with Crippen molar-refractivity contribution in [2.45, 2.75) is 70.6 Å². The molecule has 0 amide bonds. The van der Waals surface area contributed by atoms with Crippen LogP contribution in [0.5, 0.6) is 0 Å². The first-order valence-electron chi connectivity index (χ1n) is 6.89. The molecule has 0 aromatic carbocycles. The van der Waals surface area contributed by atoms with Gasteiger partial charge in [0.1, 0.15) is 0 Å². The van der Waals surface area contributed by atoms with Crippen molar-refractivity contribution in [3.05, 3.63) is 0 Å². The normalized spacial score (nSPS) is 13.2. The van der Waals surface area contributed by atoms with Crippen molar-refractivity contribution in [1.29, 1.82) is 0 Å². The quantitative estimate of drug-likeness (QED) is 0.350. The Morgan fingerprint density at radius 1 is 0.667 bits per heavy atom. The molecule has 0 aliphatic heterocycles. The molecule has 0 atom stereocenters. The maximum absolute atomic E-state index is 2.57. The van der Waals surface area contributed by atoms with Crippen LogP contribution in [0.3, 0.4) is 0 Å². The minimum absolute atomic E-state index is 1.43. The average molecular weight is 426 g/mol. The summed E-state index contributed by atoms with van der Waals surface area (Å²) >= 11 is -2.97. The van der Waals surface area contributed by atoms with Gasteiger partial charge < -0.3 is 0 Å². The fourth-order valence-electron chi connectivity index (χ4n) is 2.44. The first-order valence-corrected chi connectivity index (χ1v) is 25.5. The number of rotatable bonds is 8. The predicted octanol–water partition coefficient (Wildman–Crippen LogP) is 5.61. The summed E-state index contributed by atoms with van der Waals surface area (Å²) in [5.74, 6) is 0. The molecular formula is C13H32Sn2. The van der Waals surface area contributed by atoms with Gasteiger partial charge in [-0.05, 0) is 0 Å². The van der Waals surface area contributed by atoms with E-state index in [-0.39, 0.29) is 0 Å². The molecule has 0 N–H and O–H groups in total. The Bertz CT molecular complexity index is 146. The van der Waals surface area contributed by atoms with E-state index in [0.717, 1.165) is 0 Å². The SMILES string of the molecule is C[CH2][Sn]([CH2]C)([CH2]C)[CH2]CC[CH2][Sn]([CH3])([CH3])[CH3]. The van der Waals surface area contributed by atoms with Crippen LogP contribution in [-0.4, -0.2) is 36.8 Å². The van der Waals surface area contributed by atoms with E-state index in [4.69, 9.17) is 0 Å². The van der Waals surface area contributed by atoms with Gasteiger partial charge in [0, 0.05) is 0 Å². The molecule has 0 unspecified atom stereocenters. The summed E-state index contributed by atoms with van der Waals surface area (Å²) in [6.07, 6.45) is 3.12. The molecule has 0 nitrogen and oxygen atoms in total. The van der Waals surface area contributed by atoms with E-state index in [9.17, 15) is 0 Å². The van der Waals surface area contributed by atoms with Crippen LogP contribution >= 0.6 is 0 Å². The summed E-state index contributed by atoms with van der Waals surface area (Å²) in [5, 5.41) is 0. The van der Waals surface area contributed by atoms with Gasteiger partial charge in [0.15, 0.2) is 0 Å². The summed E-state index contributed by atoms with van der Waals surface area (Å²) in [6, 6.07) is 0. The summed E-state index contributed by atoms with van der Waals surface area (Å²) in [7, 11) is 0. The molecular weight excluding hydrogens is 394 g/mol. The first-order chi connectivity index (χ1) is 6.89. The van der Waals surface area contributed by atoms with Crippen molar-refractivity contribution in [2.24, 2.45) is 0 Å². The Balaban J connectivity index is 3.82. The molecule has 0 aromatic heterocycles. The van der Waals surface area contributed by atoms with Gasteiger partial charge >= 0.3 is 107 Å². The molecule has 0 aromatic rings. The summed E-state index contributed by atoms with van der Waals surface area (Å²) in [6.45, 7) is 7.39. The number of hydrogen-bond donors (Lipinski definition) is 0. The first kappa shape index (κ1) is 16.6. The van der Waals surface area contributed by atoms with E-state index in [1.165, 1.54) is 0 Å². The zero-order valence-electron chi connectivity index (χ0n) is 11.9. The Kier molecular flexibility index (Phi) is 8.67. The molecule has 0 rings (SSSR count). The van der Waals surface area contributed by atoms with Gasteiger partial charge in [-0.25, -0.2) is 0 Å². The van der Waals surface area contributed by atoms with E-state index in [0.29, 0.717) is 0 Å². The van der Waals surface area contributed by atoms with Crippen LogP contribution in [0.15, 0.2) is 0 Å². The van der Waals surface area contributed by atoms with Gasteiger partial charge in [-0.1, -0.05) is 0 Å². The van der Waals surface area contributed by atoms with Gasteiger partial charge in [0.25, 0.3) is 0 Å². The van der Waals surface area contributed by atoms with Gasteiger partial charge in [-0.3, -0.25) is 0 Å². The Morgan fingerprint density at radius 3 is 1.40 bits per heavy atom. The van der Waals surface area contributed by atoms with Crippen molar-refractivity contribution in [2.75, 3.05) is 0 Å². The molecule has 0 saturated heterocycles. The maximum atomic E-state index is 2.57. The average Bonchev–Trinajstić information content (AvgIpc) is 2.18. The minimum atomic E-state index is -1.54. The van der Waals surface area contributed by atoms with Crippen LogP contribution in [0, 0.1) is 0 Å². The third kappa shape index (κ3) is 7.51. The molecule has 0 aliphatic rings. The van der Waals surface area contributed by atoms with E-state index in [1.54, 1.807) is 35.0 Å². The van der Waals surface area contributed by atoms with Crippen LogP contribution in [0.1, 0.15) is 33.6 Å².